The SMILES string of the molecule is CC(C)CNCc1ccc(SCC(O)C(F)(F)F)cc1. The second kappa shape index (κ2) is 7.90. The Morgan fingerprint density at radius 2 is 1.80 bits per heavy atom. The van der Waals surface area contributed by atoms with Crippen molar-refractivity contribution in [2.75, 3.05) is 12.3 Å². The number of halogens is 3. The Hall–Kier alpha value is -0.720. The van der Waals surface area contributed by atoms with Crippen LogP contribution in [0.1, 0.15) is 19.4 Å². The number of aliphatic hydroxyl groups is 1. The van der Waals surface area contributed by atoms with E-state index in [-0.39, 0.29) is 5.75 Å². The molecule has 0 saturated carbocycles. The predicted octanol–water partition coefficient (Wildman–Crippen LogP) is 3.45. The zero-order valence-corrected chi connectivity index (χ0v) is 12.4. The first-order chi connectivity index (χ1) is 9.29. The van der Waals surface area contributed by atoms with Crippen LogP contribution in [0.2, 0.25) is 0 Å². The second-order valence-electron chi connectivity index (χ2n) is 5.04. The van der Waals surface area contributed by atoms with Crippen LogP contribution in [0, 0.1) is 5.92 Å². The Morgan fingerprint density at radius 1 is 1.20 bits per heavy atom. The number of benzene rings is 1. The van der Waals surface area contributed by atoms with Crippen molar-refractivity contribution in [2.45, 2.75) is 37.6 Å². The van der Waals surface area contributed by atoms with E-state index >= 15 is 0 Å². The first-order valence-corrected chi connectivity index (χ1v) is 7.45. The predicted molar refractivity (Wildman–Crippen MR) is 75.8 cm³/mol. The topological polar surface area (TPSA) is 32.3 Å². The zero-order chi connectivity index (χ0) is 15.2. The number of thioether (sulfide) groups is 1. The molecule has 1 rings (SSSR count). The minimum Gasteiger partial charge on any atom is -0.383 e. The van der Waals surface area contributed by atoms with Gasteiger partial charge in [0, 0.05) is 17.2 Å². The zero-order valence-electron chi connectivity index (χ0n) is 11.6. The van der Waals surface area contributed by atoms with E-state index in [4.69, 9.17) is 5.11 Å². The second-order valence-corrected chi connectivity index (χ2v) is 6.13. The first-order valence-electron chi connectivity index (χ1n) is 6.46. The number of aliphatic hydroxyl groups excluding tert-OH is 1. The molecule has 0 aromatic heterocycles. The average molecular weight is 307 g/mol. The van der Waals surface area contributed by atoms with Gasteiger partial charge in [0.2, 0.25) is 0 Å². The van der Waals surface area contributed by atoms with Crippen LogP contribution in [0.25, 0.3) is 0 Å². The minimum absolute atomic E-state index is 0.381. The lowest BCUT2D eigenvalue weighted by Crippen LogP contribution is -2.30. The molecule has 1 atom stereocenters. The summed E-state index contributed by atoms with van der Waals surface area (Å²) in [5.74, 6) is 0.197. The molecule has 114 valence electrons. The number of hydrogen-bond donors (Lipinski definition) is 2. The van der Waals surface area contributed by atoms with E-state index in [1.807, 2.05) is 12.1 Å². The van der Waals surface area contributed by atoms with Gasteiger partial charge in [0.05, 0.1) is 0 Å². The van der Waals surface area contributed by atoms with Gasteiger partial charge in [-0.25, -0.2) is 0 Å². The van der Waals surface area contributed by atoms with Gasteiger partial charge in [-0.15, -0.1) is 11.8 Å². The number of rotatable bonds is 7. The molecule has 0 amide bonds. The molecule has 0 heterocycles. The fourth-order valence-corrected chi connectivity index (χ4v) is 2.35. The molecule has 1 unspecified atom stereocenters. The molecule has 1 aromatic carbocycles. The number of nitrogens with one attached hydrogen (secondary N) is 1. The van der Waals surface area contributed by atoms with Crippen molar-refractivity contribution < 1.29 is 18.3 Å². The van der Waals surface area contributed by atoms with Crippen molar-refractivity contribution in [2.24, 2.45) is 5.92 Å². The standard InChI is InChI=1S/C14H20F3NOS/c1-10(2)7-18-8-11-3-5-12(6-4-11)20-9-13(19)14(15,16)17/h3-6,10,13,18-19H,7-9H2,1-2H3. The van der Waals surface area contributed by atoms with E-state index in [1.165, 1.54) is 0 Å². The van der Waals surface area contributed by atoms with Crippen molar-refractivity contribution in [3.63, 3.8) is 0 Å². The van der Waals surface area contributed by atoms with Gasteiger partial charge in [-0.3, -0.25) is 0 Å². The van der Waals surface area contributed by atoms with Crippen molar-refractivity contribution in [1.29, 1.82) is 0 Å². The molecule has 0 bridgehead atoms. The van der Waals surface area contributed by atoms with E-state index in [9.17, 15) is 13.2 Å². The van der Waals surface area contributed by atoms with Crippen LogP contribution in [-0.4, -0.2) is 29.7 Å². The van der Waals surface area contributed by atoms with E-state index < -0.39 is 12.3 Å². The Balaban J connectivity index is 2.39. The molecule has 2 nitrogen and oxygen atoms in total. The van der Waals surface area contributed by atoms with Crippen LogP contribution < -0.4 is 5.32 Å². The molecule has 20 heavy (non-hydrogen) atoms. The molecule has 1 aromatic rings. The number of alkyl halides is 3. The van der Waals surface area contributed by atoms with E-state index in [1.54, 1.807) is 12.1 Å². The van der Waals surface area contributed by atoms with E-state index in [2.05, 4.69) is 19.2 Å². The van der Waals surface area contributed by atoms with Crippen molar-refractivity contribution in [1.82, 2.24) is 5.32 Å². The van der Waals surface area contributed by atoms with Gasteiger partial charge < -0.3 is 10.4 Å². The van der Waals surface area contributed by atoms with Crippen molar-refractivity contribution >= 4 is 11.8 Å². The fraction of sp³-hybridized carbons (Fsp3) is 0.571. The first kappa shape index (κ1) is 17.3. The highest BCUT2D eigenvalue weighted by Crippen LogP contribution is 2.26. The summed E-state index contributed by atoms with van der Waals surface area (Å²) in [6.07, 6.45) is -6.83. The van der Waals surface area contributed by atoms with Crippen LogP contribution in [0.3, 0.4) is 0 Å². The molecular formula is C14H20F3NOS. The molecular weight excluding hydrogens is 287 g/mol. The Labute approximate surface area is 121 Å². The number of hydrogen-bond acceptors (Lipinski definition) is 3. The quantitative estimate of drug-likeness (QED) is 0.757. The third-order valence-electron chi connectivity index (χ3n) is 2.59. The molecule has 2 N–H and O–H groups in total. The van der Waals surface area contributed by atoms with Crippen molar-refractivity contribution in [3.8, 4) is 0 Å². The van der Waals surface area contributed by atoms with E-state index in [0.717, 1.165) is 35.3 Å². The molecule has 0 spiro atoms. The highest BCUT2D eigenvalue weighted by atomic mass is 32.2. The lowest BCUT2D eigenvalue weighted by molar-refractivity contribution is -0.195. The monoisotopic (exact) mass is 307 g/mol. The molecule has 0 radical (unpaired) electrons. The van der Waals surface area contributed by atoms with Crippen LogP contribution in [0.4, 0.5) is 13.2 Å². The summed E-state index contributed by atoms with van der Waals surface area (Å²) >= 11 is 1.00. The third kappa shape index (κ3) is 6.63. The van der Waals surface area contributed by atoms with Crippen LogP contribution >= 0.6 is 11.8 Å². The summed E-state index contributed by atoms with van der Waals surface area (Å²) < 4.78 is 36.4. The van der Waals surface area contributed by atoms with Gasteiger partial charge in [-0.1, -0.05) is 26.0 Å². The Morgan fingerprint density at radius 3 is 2.30 bits per heavy atom. The van der Waals surface area contributed by atoms with Gasteiger partial charge in [0.1, 0.15) is 0 Å². The van der Waals surface area contributed by atoms with Gasteiger partial charge in [0.25, 0.3) is 0 Å². The van der Waals surface area contributed by atoms with E-state index in [0.29, 0.717) is 5.92 Å². The maximum Gasteiger partial charge on any atom is 0.415 e. The summed E-state index contributed by atoms with van der Waals surface area (Å²) in [6.45, 7) is 5.92. The van der Waals surface area contributed by atoms with Gasteiger partial charge in [0.15, 0.2) is 6.10 Å². The maximum atomic E-state index is 12.1. The molecule has 0 aliphatic carbocycles. The Bertz CT molecular complexity index is 392. The highest BCUT2D eigenvalue weighted by molar-refractivity contribution is 7.99. The lowest BCUT2D eigenvalue weighted by atomic mass is 10.2. The molecule has 6 heteroatoms. The largest absolute Gasteiger partial charge is 0.415 e. The minimum atomic E-state index is -4.55. The molecule has 0 fully saturated rings. The third-order valence-corrected chi connectivity index (χ3v) is 3.68. The lowest BCUT2D eigenvalue weighted by Gasteiger charge is -2.14. The van der Waals surface area contributed by atoms with Crippen molar-refractivity contribution in [3.05, 3.63) is 29.8 Å². The normalized spacial score (nSPS) is 13.8. The molecule has 0 aliphatic rings. The van der Waals surface area contributed by atoms with Crippen LogP contribution in [0.15, 0.2) is 29.2 Å². The van der Waals surface area contributed by atoms with Gasteiger partial charge in [-0.2, -0.15) is 13.2 Å². The average Bonchev–Trinajstić information content (AvgIpc) is 2.36. The highest BCUT2D eigenvalue weighted by Gasteiger charge is 2.37. The summed E-state index contributed by atoms with van der Waals surface area (Å²) in [5, 5.41) is 12.2. The van der Waals surface area contributed by atoms with Crippen LogP contribution in [0.5, 0.6) is 0 Å². The summed E-state index contributed by atoms with van der Waals surface area (Å²) in [7, 11) is 0. The molecule has 0 aliphatic heterocycles. The smallest absolute Gasteiger partial charge is 0.383 e. The fourth-order valence-electron chi connectivity index (χ4n) is 1.48. The van der Waals surface area contributed by atoms with Gasteiger partial charge >= 0.3 is 6.18 Å². The summed E-state index contributed by atoms with van der Waals surface area (Å²) in [5.41, 5.74) is 1.09. The Kier molecular flexibility index (Phi) is 6.85. The van der Waals surface area contributed by atoms with Crippen LogP contribution in [-0.2, 0) is 6.54 Å². The molecule has 0 saturated heterocycles. The summed E-state index contributed by atoms with van der Waals surface area (Å²) in [6, 6.07) is 7.32. The van der Waals surface area contributed by atoms with Gasteiger partial charge in [-0.05, 0) is 30.2 Å². The maximum absolute atomic E-state index is 12.1. The summed E-state index contributed by atoms with van der Waals surface area (Å²) in [4.78, 5) is 0.723.